The first-order chi connectivity index (χ1) is 23.2. The number of ketones is 2. The molecule has 1 heterocycles. The minimum absolute atomic E-state index is 0.0344. The van der Waals surface area contributed by atoms with Gasteiger partial charge in [-0.1, -0.05) is 79.9 Å². The average Bonchev–Trinajstić information content (AvgIpc) is 3.07. The van der Waals surface area contributed by atoms with Gasteiger partial charge < -0.3 is 10.2 Å². The van der Waals surface area contributed by atoms with Crippen LogP contribution in [0.2, 0.25) is 0 Å². The summed E-state index contributed by atoms with van der Waals surface area (Å²) in [7, 11) is 0. The van der Waals surface area contributed by atoms with Crippen LogP contribution in [-0.4, -0.2) is 47.0 Å². The highest BCUT2D eigenvalue weighted by Gasteiger charge is 2.49. The summed E-state index contributed by atoms with van der Waals surface area (Å²) in [5, 5.41) is 3.09. The largest absolute Gasteiger partial charge is 0.417 e. The maximum Gasteiger partial charge on any atom is 0.417 e. The number of aryl methyl sites for hydroxylation is 2. The molecule has 1 saturated heterocycles. The lowest BCUT2D eigenvalue weighted by molar-refractivity contribution is -0.138. The quantitative estimate of drug-likeness (QED) is 0.147. The number of carbonyl (C=O) groups is 3. The summed E-state index contributed by atoms with van der Waals surface area (Å²) < 4.78 is 85.0. The zero-order valence-corrected chi connectivity index (χ0v) is 27.2. The number of nitrogens with one attached hydrogen (secondary N) is 1. The summed E-state index contributed by atoms with van der Waals surface area (Å²) in [5.74, 6) is -2.95. The third kappa shape index (κ3) is 8.15. The van der Waals surface area contributed by atoms with E-state index in [0.29, 0.717) is 0 Å². The van der Waals surface area contributed by atoms with Crippen molar-refractivity contribution >= 4 is 17.5 Å². The van der Waals surface area contributed by atoms with Crippen LogP contribution in [0.4, 0.5) is 26.3 Å². The Hall–Kier alpha value is -4.25. The van der Waals surface area contributed by atoms with Gasteiger partial charge in [-0.05, 0) is 73.9 Å². The van der Waals surface area contributed by atoms with Crippen molar-refractivity contribution in [1.29, 1.82) is 0 Å². The zero-order chi connectivity index (χ0) is 35.5. The van der Waals surface area contributed by atoms with E-state index >= 15 is 0 Å². The van der Waals surface area contributed by atoms with E-state index in [9.17, 15) is 40.7 Å². The molecular formula is C38H38F6N2O3. The molecule has 260 valence electrons. The standard InChI is InChI=1S/C38H38F6N2O3/c1-23-16-17-26(20-24(23)2)21-31-34(36(49)28-13-7-9-15-30(28)38(42,43)44)46(33(47)19-18-25-10-4-3-5-11-25)32(22-45-31)35(48)27-12-6-8-14-29(27)37(39,40)41/h6-9,12-20,25,31-32,34,45H,3-5,10-11,21-22H2,1-2H3/b19-18+. The number of halogens is 6. The fourth-order valence-electron chi connectivity index (χ4n) is 6.91. The minimum atomic E-state index is -4.92. The van der Waals surface area contributed by atoms with Crippen LogP contribution in [0.15, 0.2) is 78.9 Å². The first-order valence-corrected chi connectivity index (χ1v) is 16.4. The lowest BCUT2D eigenvalue weighted by atomic mass is 9.84. The van der Waals surface area contributed by atoms with E-state index in [1.807, 2.05) is 26.0 Å². The second-order valence-corrected chi connectivity index (χ2v) is 12.9. The summed E-state index contributed by atoms with van der Waals surface area (Å²) in [6.45, 7) is 3.47. The lowest BCUT2D eigenvalue weighted by Crippen LogP contribution is -2.69. The van der Waals surface area contributed by atoms with Gasteiger partial charge >= 0.3 is 12.4 Å². The molecule has 2 aliphatic rings. The molecule has 1 N–H and O–H groups in total. The van der Waals surface area contributed by atoms with E-state index in [1.54, 1.807) is 12.1 Å². The number of alkyl halides is 6. The third-order valence-electron chi connectivity index (χ3n) is 9.60. The molecule has 0 radical (unpaired) electrons. The summed E-state index contributed by atoms with van der Waals surface area (Å²) >= 11 is 0. The second-order valence-electron chi connectivity index (χ2n) is 12.9. The van der Waals surface area contributed by atoms with Crippen molar-refractivity contribution in [3.8, 4) is 0 Å². The minimum Gasteiger partial charge on any atom is -0.315 e. The highest BCUT2D eigenvalue weighted by molar-refractivity contribution is 6.09. The predicted molar refractivity (Wildman–Crippen MR) is 173 cm³/mol. The molecule has 0 bridgehead atoms. The molecule has 3 aromatic rings. The number of rotatable bonds is 8. The molecule has 0 spiro atoms. The molecule has 2 fully saturated rings. The number of hydrogen-bond acceptors (Lipinski definition) is 4. The molecule has 5 rings (SSSR count). The Labute approximate surface area is 281 Å². The van der Waals surface area contributed by atoms with Crippen molar-refractivity contribution in [3.63, 3.8) is 0 Å². The topological polar surface area (TPSA) is 66.5 Å². The van der Waals surface area contributed by atoms with Gasteiger partial charge in [-0.15, -0.1) is 0 Å². The molecule has 0 aromatic heterocycles. The monoisotopic (exact) mass is 684 g/mol. The van der Waals surface area contributed by atoms with Gasteiger partial charge in [0.15, 0.2) is 11.6 Å². The number of nitrogens with zero attached hydrogens (tertiary/aromatic N) is 1. The molecule has 1 amide bonds. The summed E-state index contributed by atoms with van der Waals surface area (Å²) in [5.41, 5.74) is -1.20. The summed E-state index contributed by atoms with van der Waals surface area (Å²) in [4.78, 5) is 43.8. The number of carbonyl (C=O) groups excluding carboxylic acids is 3. The Bertz CT molecular complexity index is 1720. The van der Waals surface area contributed by atoms with Gasteiger partial charge in [-0.25, -0.2) is 0 Å². The Morgan fingerprint density at radius 3 is 1.92 bits per heavy atom. The highest BCUT2D eigenvalue weighted by atomic mass is 19.4. The fourth-order valence-corrected chi connectivity index (χ4v) is 6.91. The van der Waals surface area contributed by atoms with Gasteiger partial charge in [0.05, 0.1) is 11.1 Å². The molecule has 1 aliphatic carbocycles. The molecule has 1 aliphatic heterocycles. The SMILES string of the molecule is Cc1ccc(CC2NCC(C(=O)c3ccccc3C(F)(F)F)N(C(=O)/C=C/C3CCCCC3)C2C(=O)c2ccccc2C(F)(F)F)cc1C. The van der Waals surface area contributed by atoms with Crippen molar-refractivity contribution in [2.45, 2.75) is 82.9 Å². The average molecular weight is 685 g/mol. The van der Waals surface area contributed by atoms with Crippen molar-refractivity contribution < 1.29 is 40.7 Å². The Morgan fingerprint density at radius 1 is 0.776 bits per heavy atom. The molecule has 49 heavy (non-hydrogen) atoms. The van der Waals surface area contributed by atoms with E-state index in [2.05, 4.69) is 5.32 Å². The van der Waals surface area contributed by atoms with Gasteiger partial charge in [0.1, 0.15) is 12.1 Å². The van der Waals surface area contributed by atoms with Crippen molar-refractivity contribution in [2.24, 2.45) is 5.92 Å². The molecule has 5 nitrogen and oxygen atoms in total. The van der Waals surface area contributed by atoms with E-state index in [-0.39, 0.29) is 18.9 Å². The van der Waals surface area contributed by atoms with Gasteiger partial charge in [0, 0.05) is 23.7 Å². The smallest absolute Gasteiger partial charge is 0.315 e. The fraction of sp³-hybridized carbons (Fsp3) is 0.395. The predicted octanol–water partition coefficient (Wildman–Crippen LogP) is 8.32. The maximum absolute atomic E-state index is 14.5. The van der Waals surface area contributed by atoms with Gasteiger partial charge in [-0.3, -0.25) is 14.4 Å². The van der Waals surface area contributed by atoms with Gasteiger partial charge in [0.2, 0.25) is 5.91 Å². The Kier molecular flexibility index (Phi) is 10.8. The van der Waals surface area contributed by atoms with Crippen LogP contribution >= 0.6 is 0 Å². The summed E-state index contributed by atoms with van der Waals surface area (Å²) in [6.07, 6.45) is -2.29. The zero-order valence-electron chi connectivity index (χ0n) is 27.2. The van der Waals surface area contributed by atoms with Crippen molar-refractivity contribution in [1.82, 2.24) is 10.2 Å². The first kappa shape index (κ1) is 36.0. The third-order valence-corrected chi connectivity index (χ3v) is 9.60. The van der Waals surface area contributed by atoms with Crippen LogP contribution in [0.1, 0.15) is 80.6 Å². The van der Waals surface area contributed by atoms with E-state index in [1.165, 1.54) is 18.2 Å². The number of Topliss-reactive ketones (excluding diaryl/α,β-unsaturated/α-hetero) is 2. The Balaban J connectivity index is 1.66. The van der Waals surface area contributed by atoms with Crippen LogP contribution in [0.3, 0.4) is 0 Å². The van der Waals surface area contributed by atoms with E-state index in [0.717, 1.165) is 90.1 Å². The number of allylic oxidation sites excluding steroid dienone is 1. The normalized spacial score (nSPS) is 20.8. The molecule has 3 unspecified atom stereocenters. The first-order valence-electron chi connectivity index (χ1n) is 16.4. The molecule has 1 saturated carbocycles. The number of benzene rings is 3. The van der Waals surface area contributed by atoms with Crippen LogP contribution in [0.25, 0.3) is 0 Å². The van der Waals surface area contributed by atoms with Crippen LogP contribution in [-0.2, 0) is 23.6 Å². The van der Waals surface area contributed by atoms with E-state index in [4.69, 9.17) is 0 Å². The highest BCUT2D eigenvalue weighted by Crippen LogP contribution is 2.36. The van der Waals surface area contributed by atoms with Gasteiger partial charge in [-0.2, -0.15) is 26.3 Å². The Morgan fingerprint density at radius 2 is 1.35 bits per heavy atom. The van der Waals surface area contributed by atoms with Crippen LogP contribution in [0.5, 0.6) is 0 Å². The molecule has 3 atom stereocenters. The van der Waals surface area contributed by atoms with Gasteiger partial charge in [0.25, 0.3) is 0 Å². The number of hydrogen-bond donors (Lipinski definition) is 1. The van der Waals surface area contributed by atoms with Crippen molar-refractivity contribution in [3.05, 3.63) is 118 Å². The maximum atomic E-state index is 14.5. The van der Waals surface area contributed by atoms with Crippen LogP contribution < -0.4 is 5.32 Å². The molecule has 11 heteroatoms. The van der Waals surface area contributed by atoms with Crippen molar-refractivity contribution in [2.75, 3.05) is 6.54 Å². The van der Waals surface area contributed by atoms with Crippen LogP contribution in [0, 0.1) is 19.8 Å². The van der Waals surface area contributed by atoms with E-state index < -0.39 is 70.2 Å². The number of piperazine rings is 1. The lowest BCUT2D eigenvalue weighted by Gasteiger charge is -2.45. The number of amides is 1. The summed E-state index contributed by atoms with van der Waals surface area (Å²) in [6, 6.07) is 9.60. The second kappa shape index (κ2) is 14.7. The molecular weight excluding hydrogens is 646 g/mol. The molecule has 3 aromatic carbocycles.